The molecule has 0 saturated heterocycles. The minimum absolute atomic E-state index is 0.220. The first-order chi connectivity index (χ1) is 13.8. The molecule has 0 heterocycles. The Labute approximate surface area is 171 Å². The van der Waals surface area contributed by atoms with Crippen LogP contribution in [0.3, 0.4) is 0 Å². The van der Waals surface area contributed by atoms with Gasteiger partial charge in [-0.2, -0.15) is 0 Å². The molecule has 6 aliphatic rings. The number of carbonyl (C=O) groups is 2. The maximum Gasteiger partial charge on any atom is 0.510 e. The van der Waals surface area contributed by atoms with E-state index < -0.39 is 11.8 Å². The molecular formula is C24H30O5. The lowest BCUT2D eigenvalue weighted by atomic mass is 9.47. The molecule has 5 saturated carbocycles. The fourth-order valence-electron chi connectivity index (χ4n) is 8.68. The van der Waals surface area contributed by atoms with Gasteiger partial charge in [-0.3, -0.25) is 4.79 Å². The monoisotopic (exact) mass is 398 g/mol. The molecule has 0 unspecified atom stereocenters. The Morgan fingerprint density at radius 2 is 2.00 bits per heavy atom. The van der Waals surface area contributed by atoms with Crippen LogP contribution in [0.2, 0.25) is 0 Å². The third kappa shape index (κ3) is 2.26. The number of fused-ring (bicyclic) bond motifs is 8. The van der Waals surface area contributed by atoms with Gasteiger partial charge in [0.1, 0.15) is 0 Å². The van der Waals surface area contributed by atoms with Crippen LogP contribution in [0.4, 0.5) is 4.79 Å². The van der Waals surface area contributed by atoms with E-state index in [1.807, 2.05) is 6.08 Å². The van der Waals surface area contributed by atoms with Crippen LogP contribution >= 0.6 is 0 Å². The van der Waals surface area contributed by atoms with Crippen molar-refractivity contribution in [2.75, 3.05) is 0 Å². The van der Waals surface area contributed by atoms with Crippen LogP contribution in [0.1, 0.15) is 58.3 Å². The van der Waals surface area contributed by atoms with Crippen molar-refractivity contribution in [3.63, 3.8) is 0 Å². The first-order valence-electron chi connectivity index (χ1n) is 11.3. The predicted molar refractivity (Wildman–Crippen MR) is 105 cm³/mol. The molecule has 8 atom stereocenters. The SMILES string of the molecule is C[C@]12CC[C@H]3[C@@H](CC4(CC4)C4=CC(=O)CC[C@@H]43)[C@@H]1[C@H]1C[C@H]1[C@@]2(O)/C=C\OC(=O)O. The first-order valence-corrected chi connectivity index (χ1v) is 11.3. The molecule has 0 aromatic rings. The maximum atomic E-state index is 12.1. The highest BCUT2D eigenvalue weighted by molar-refractivity contribution is 5.91. The summed E-state index contributed by atoms with van der Waals surface area (Å²) in [6, 6.07) is 0. The third-order valence-electron chi connectivity index (χ3n) is 10.0. The predicted octanol–water partition coefficient (Wildman–Crippen LogP) is 4.31. The van der Waals surface area contributed by atoms with E-state index in [0.29, 0.717) is 41.8 Å². The molecule has 0 bridgehead atoms. The summed E-state index contributed by atoms with van der Waals surface area (Å²) in [5.74, 6) is 3.40. The molecule has 0 amide bonds. The summed E-state index contributed by atoms with van der Waals surface area (Å²) < 4.78 is 4.63. The molecule has 5 heteroatoms. The summed E-state index contributed by atoms with van der Waals surface area (Å²) in [6.07, 6.45) is 11.9. The zero-order chi connectivity index (χ0) is 20.2. The number of hydrogen-bond donors (Lipinski definition) is 2. The van der Waals surface area contributed by atoms with Gasteiger partial charge in [0, 0.05) is 11.8 Å². The highest BCUT2D eigenvalue weighted by atomic mass is 16.7. The van der Waals surface area contributed by atoms with Gasteiger partial charge in [0.15, 0.2) is 5.78 Å². The van der Waals surface area contributed by atoms with E-state index in [4.69, 9.17) is 5.11 Å². The average molecular weight is 398 g/mol. The fraction of sp³-hybridized carbons (Fsp3) is 0.750. The van der Waals surface area contributed by atoms with Crippen molar-refractivity contribution in [3.05, 3.63) is 24.0 Å². The molecule has 5 fully saturated rings. The van der Waals surface area contributed by atoms with Gasteiger partial charge < -0.3 is 14.9 Å². The molecule has 2 N–H and O–H groups in total. The molecule has 5 nitrogen and oxygen atoms in total. The second-order valence-electron chi connectivity index (χ2n) is 11.0. The van der Waals surface area contributed by atoms with E-state index in [1.54, 1.807) is 6.08 Å². The number of hydrogen-bond acceptors (Lipinski definition) is 4. The van der Waals surface area contributed by atoms with Crippen molar-refractivity contribution in [2.45, 2.75) is 63.9 Å². The lowest BCUT2D eigenvalue weighted by Gasteiger charge is -2.58. The second kappa shape index (κ2) is 5.54. The minimum atomic E-state index is -1.34. The van der Waals surface area contributed by atoms with Gasteiger partial charge in [0.05, 0.1) is 11.9 Å². The van der Waals surface area contributed by atoms with E-state index >= 15 is 0 Å². The lowest BCUT2D eigenvalue weighted by Crippen LogP contribution is -2.55. The van der Waals surface area contributed by atoms with E-state index in [-0.39, 0.29) is 16.7 Å². The molecule has 0 aliphatic heterocycles. The molecule has 1 spiro atoms. The van der Waals surface area contributed by atoms with E-state index in [2.05, 4.69) is 11.7 Å². The Hall–Kier alpha value is -1.62. The number of allylic oxidation sites excluding steroid dienone is 1. The third-order valence-corrected chi connectivity index (χ3v) is 10.0. The maximum absolute atomic E-state index is 12.1. The zero-order valence-electron chi connectivity index (χ0n) is 17.0. The summed E-state index contributed by atoms with van der Waals surface area (Å²) >= 11 is 0. The van der Waals surface area contributed by atoms with Gasteiger partial charge in [0.2, 0.25) is 0 Å². The number of rotatable bonds is 2. The minimum Gasteiger partial charge on any atom is -0.449 e. The molecule has 156 valence electrons. The average Bonchev–Trinajstić information content (AvgIpc) is 3.57. The first kappa shape index (κ1) is 18.2. The lowest BCUT2D eigenvalue weighted by molar-refractivity contribution is -0.123. The Balaban J connectivity index is 1.35. The summed E-state index contributed by atoms with van der Waals surface area (Å²) in [5.41, 5.74) is 0.557. The molecule has 0 aromatic carbocycles. The highest BCUT2D eigenvalue weighted by Crippen LogP contribution is 2.78. The van der Waals surface area contributed by atoms with E-state index in [9.17, 15) is 14.7 Å². The van der Waals surface area contributed by atoms with Crippen molar-refractivity contribution < 1.29 is 24.5 Å². The van der Waals surface area contributed by atoms with Crippen LogP contribution in [0, 0.1) is 46.3 Å². The Morgan fingerprint density at radius 3 is 2.72 bits per heavy atom. The second-order valence-corrected chi connectivity index (χ2v) is 11.0. The topological polar surface area (TPSA) is 83.8 Å². The summed E-state index contributed by atoms with van der Waals surface area (Å²) in [7, 11) is 0. The van der Waals surface area contributed by atoms with Crippen LogP contribution < -0.4 is 0 Å². The van der Waals surface area contributed by atoms with E-state index in [0.717, 1.165) is 25.7 Å². The van der Waals surface area contributed by atoms with Crippen molar-refractivity contribution in [1.29, 1.82) is 0 Å². The van der Waals surface area contributed by atoms with Gasteiger partial charge in [-0.25, -0.2) is 4.79 Å². The van der Waals surface area contributed by atoms with Crippen LogP contribution in [0.5, 0.6) is 0 Å². The number of carbonyl (C=O) groups excluding carboxylic acids is 1. The van der Waals surface area contributed by atoms with Gasteiger partial charge >= 0.3 is 6.16 Å². The number of carboxylic acid groups (broad SMARTS) is 1. The van der Waals surface area contributed by atoms with E-state index in [1.165, 1.54) is 31.1 Å². The standard InChI is InChI=1S/C24H30O5/c1-22-5-4-14-15-3-2-13(25)10-18(15)23(6-7-23)12-17(14)20(22)16-11-19(16)24(22,28)8-9-29-21(26)27/h8-10,14-17,19-20,28H,2-7,11-12H2,1H3,(H,26,27)/b9-8-/t14-,15-,16+,17-,19-,20+,22+,24+/m1/s1. The van der Waals surface area contributed by atoms with Crippen molar-refractivity contribution in [2.24, 2.45) is 46.3 Å². The number of aliphatic hydroxyl groups is 1. The summed E-state index contributed by atoms with van der Waals surface area (Å²) in [6.45, 7) is 2.24. The van der Waals surface area contributed by atoms with Crippen LogP contribution in [-0.2, 0) is 9.53 Å². The number of ketones is 1. The Kier molecular flexibility index (Phi) is 3.47. The largest absolute Gasteiger partial charge is 0.510 e. The van der Waals surface area contributed by atoms with Crippen LogP contribution in [-0.4, -0.2) is 27.8 Å². The van der Waals surface area contributed by atoms with Crippen LogP contribution in [0.25, 0.3) is 0 Å². The number of ether oxygens (including phenoxy) is 1. The zero-order valence-corrected chi connectivity index (χ0v) is 17.0. The molecule has 6 rings (SSSR count). The van der Waals surface area contributed by atoms with Crippen molar-refractivity contribution in [3.8, 4) is 0 Å². The molecule has 0 radical (unpaired) electrons. The Bertz CT molecular complexity index is 853. The normalized spacial score (nSPS) is 51.0. The van der Waals surface area contributed by atoms with Gasteiger partial charge in [-0.15, -0.1) is 0 Å². The van der Waals surface area contributed by atoms with Gasteiger partial charge in [0.25, 0.3) is 0 Å². The molecule has 6 aliphatic carbocycles. The van der Waals surface area contributed by atoms with Crippen molar-refractivity contribution in [1.82, 2.24) is 0 Å². The quantitative estimate of drug-likeness (QED) is 0.535. The van der Waals surface area contributed by atoms with Gasteiger partial charge in [-0.05, 0) is 98.0 Å². The van der Waals surface area contributed by atoms with Gasteiger partial charge in [-0.1, -0.05) is 12.5 Å². The molecule has 0 aromatic heterocycles. The fourth-order valence-corrected chi connectivity index (χ4v) is 8.68. The Morgan fingerprint density at radius 1 is 1.21 bits per heavy atom. The summed E-state index contributed by atoms with van der Waals surface area (Å²) in [5, 5.41) is 20.6. The molecule has 29 heavy (non-hydrogen) atoms. The summed E-state index contributed by atoms with van der Waals surface area (Å²) in [4.78, 5) is 22.9. The van der Waals surface area contributed by atoms with Crippen LogP contribution in [0.15, 0.2) is 24.0 Å². The van der Waals surface area contributed by atoms with Crippen molar-refractivity contribution >= 4 is 11.9 Å². The molecular weight excluding hydrogens is 368 g/mol. The highest BCUT2D eigenvalue weighted by Gasteiger charge is 2.76. The smallest absolute Gasteiger partial charge is 0.449 e.